The number of carbonyl (C=O) groups excluding carboxylic acids is 1. The maximum absolute atomic E-state index is 13.0. The van der Waals surface area contributed by atoms with Crippen LogP contribution < -0.4 is 0 Å². The molecular weight excluding hydrogens is 334 g/mol. The van der Waals surface area contributed by atoms with Crippen LogP contribution in [0.3, 0.4) is 0 Å². The van der Waals surface area contributed by atoms with E-state index in [-0.39, 0.29) is 23.6 Å². The van der Waals surface area contributed by atoms with Crippen molar-refractivity contribution in [2.24, 2.45) is 0 Å². The third kappa shape index (κ3) is 2.86. The van der Waals surface area contributed by atoms with E-state index in [2.05, 4.69) is 0 Å². The molecule has 4 rings (SSSR count). The van der Waals surface area contributed by atoms with Gasteiger partial charge in [-0.1, -0.05) is 54.6 Å². The molecule has 0 amide bonds. The monoisotopic (exact) mass is 351 g/mol. The summed E-state index contributed by atoms with van der Waals surface area (Å²) in [5.74, 6) is -0.0577. The zero-order valence-corrected chi connectivity index (χ0v) is 14.3. The highest BCUT2D eigenvalue weighted by Gasteiger charge is 2.40. The first-order chi connectivity index (χ1) is 12.1. The van der Waals surface area contributed by atoms with Gasteiger partial charge in [0.1, 0.15) is 5.78 Å². The first-order valence-electron chi connectivity index (χ1n) is 8.13. The normalized spacial score (nSPS) is 18.7. The Labute approximate surface area is 146 Å². The van der Waals surface area contributed by atoms with Crippen LogP contribution in [0.1, 0.15) is 18.0 Å². The highest BCUT2D eigenvalue weighted by Crippen LogP contribution is 2.36. The number of benzene rings is 3. The summed E-state index contributed by atoms with van der Waals surface area (Å²) < 4.78 is 27.3. The summed E-state index contributed by atoms with van der Waals surface area (Å²) in [4.78, 5) is 12.3. The van der Waals surface area contributed by atoms with Crippen LogP contribution >= 0.6 is 0 Å². The van der Waals surface area contributed by atoms with Crippen LogP contribution in [0.5, 0.6) is 0 Å². The lowest BCUT2D eigenvalue weighted by atomic mass is 10.0. The molecule has 0 aliphatic carbocycles. The minimum absolute atomic E-state index is 0.0577. The van der Waals surface area contributed by atoms with Crippen molar-refractivity contribution in [3.63, 3.8) is 0 Å². The minimum atomic E-state index is -3.71. The number of fused-ring (bicyclic) bond motifs is 1. The topological polar surface area (TPSA) is 54.5 Å². The zero-order chi connectivity index (χ0) is 17.4. The molecule has 0 radical (unpaired) electrons. The van der Waals surface area contributed by atoms with Crippen LogP contribution in [-0.4, -0.2) is 25.1 Å². The average molecular weight is 351 g/mol. The summed E-state index contributed by atoms with van der Waals surface area (Å²) in [7, 11) is -3.71. The first kappa shape index (κ1) is 16.0. The van der Waals surface area contributed by atoms with Crippen molar-refractivity contribution in [1.82, 2.24) is 4.31 Å². The Morgan fingerprint density at radius 3 is 2.28 bits per heavy atom. The summed E-state index contributed by atoms with van der Waals surface area (Å²) >= 11 is 0. The molecular formula is C20H17NO3S. The third-order valence-electron chi connectivity index (χ3n) is 4.61. The predicted octanol–water partition coefficient (Wildman–Crippen LogP) is 3.54. The number of sulfonamides is 1. The standard InChI is InChI=1S/C20H17NO3S/c22-18-13-20(17-11-10-15-6-4-5-7-16(15)12-17)21(14-18)25(23,24)19-8-2-1-3-9-19/h1-12,20H,13-14H2. The average Bonchev–Trinajstić information content (AvgIpc) is 3.05. The molecule has 0 aromatic heterocycles. The summed E-state index contributed by atoms with van der Waals surface area (Å²) in [6, 6.07) is 21.6. The maximum Gasteiger partial charge on any atom is 0.244 e. The fraction of sp³-hybridized carbons (Fsp3) is 0.150. The fourth-order valence-corrected chi connectivity index (χ4v) is 4.96. The Morgan fingerprint density at radius 1 is 0.840 bits per heavy atom. The van der Waals surface area contributed by atoms with E-state index < -0.39 is 16.1 Å². The van der Waals surface area contributed by atoms with Gasteiger partial charge in [0.05, 0.1) is 17.5 Å². The van der Waals surface area contributed by atoms with Crippen molar-refractivity contribution in [2.45, 2.75) is 17.4 Å². The van der Waals surface area contributed by atoms with Crippen molar-refractivity contribution < 1.29 is 13.2 Å². The van der Waals surface area contributed by atoms with Crippen LogP contribution in [0.4, 0.5) is 0 Å². The number of carbonyl (C=O) groups is 1. The molecule has 3 aromatic carbocycles. The molecule has 126 valence electrons. The van der Waals surface area contributed by atoms with E-state index in [9.17, 15) is 13.2 Å². The second-order valence-electron chi connectivity index (χ2n) is 6.23. The van der Waals surface area contributed by atoms with E-state index in [1.807, 2.05) is 42.5 Å². The highest BCUT2D eigenvalue weighted by atomic mass is 32.2. The van der Waals surface area contributed by atoms with Gasteiger partial charge in [-0.25, -0.2) is 8.42 Å². The molecule has 0 saturated carbocycles. The van der Waals surface area contributed by atoms with Gasteiger partial charge >= 0.3 is 0 Å². The van der Waals surface area contributed by atoms with Gasteiger partial charge in [-0.05, 0) is 34.5 Å². The summed E-state index contributed by atoms with van der Waals surface area (Å²) in [6.45, 7) is -0.0747. The number of hydrogen-bond donors (Lipinski definition) is 0. The lowest BCUT2D eigenvalue weighted by Crippen LogP contribution is -2.31. The van der Waals surface area contributed by atoms with Crippen LogP contribution in [0, 0.1) is 0 Å². The minimum Gasteiger partial charge on any atom is -0.298 e. The summed E-state index contributed by atoms with van der Waals surface area (Å²) in [5, 5.41) is 2.13. The largest absolute Gasteiger partial charge is 0.298 e. The summed E-state index contributed by atoms with van der Waals surface area (Å²) in [6.07, 6.45) is 0.213. The second kappa shape index (κ2) is 6.10. The molecule has 25 heavy (non-hydrogen) atoms. The predicted molar refractivity (Wildman–Crippen MR) is 96.6 cm³/mol. The Bertz CT molecular complexity index is 1040. The Kier molecular flexibility index (Phi) is 3.90. The van der Waals surface area contributed by atoms with Gasteiger partial charge in [-0.3, -0.25) is 4.79 Å². The quantitative estimate of drug-likeness (QED) is 0.725. The van der Waals surface area contributed by atoms with Crippen LogP contribution in [0.2, 0.25) is 0 Å². The maximum atomic E-state index is 13.0. The zero-order valence-electron chi connectivity index (χ0n) is 13.5. The number of hydrogen-bond acceptors (Lipinski definition) is 3. The van der Waals surface area contributed by atoms with Gasteiger partial charge in [0.25, 0.3) is 0 Å². The van der Waals surface area contributed by atoms with E-state index in [0.29, 0.717) is 0 Å². The molecule has 3 aromatic rings. The number of Topliss-reactive ketones (excluding diaryl/α,β-unsaturated/α-hetero) is 1. The fourth-order valence-electron chi connectivity index (χ4n) is 3.35. The third-order valence-corrected chi connectivity index (χ3v) is 6.48. The van der Waals surface area contributed by atoms with Crippen molar-refractivity contribution >= 4 is 26.6 Å². The van der Waals surface area contributed by atoms with E-state index >= 15 is 0 Å². The Balaban J connectivity index is 1.78. The Hall–Kier alpha value is -2.50. The molecule has 1 aliphatic heterocycles. The molecule has 0 bridgehead atoms. The van der Waals surface area contributed by atoms with E-state index in [1.54, 1.807) is 30.3 Å². The van der Waals surface area contributed by atoms with Crippen molar-refractivity contribution in [3.8, 4) is 0 Å². The van der Waals surface area contributed by atoms with Gasteiger partial charge < -0.3 is 0 Å². The number of nitrogens with zero attached hydrogens (tertiary/aromatic N) is 1. The van der Waals surface area contributed by atoms with Crippen molar-refractivity contribution in [3.05, 3.63) is 78.4 Å². The van der Waals surface area contributed by atoms with Crippen molar-refractivity contribution in [1.29, 1.82) is 0 Å². The highest BCUT2D eigenvalue weighted by molar-refractivity contribution is 7.89. The van der Waals surface area contributed by atoms with Crippen molar-refractivity contribution in [2.75, 3.05) is 6.54 Å². The number of rotatable bonds is 3. The van der Waals surface area contributed by atoms with Crippen LogP contribution in [-0.2, 0) is 14.8 Å². The molecule has 1 saturated heterocycles. The van der Waals surface area contributed by atoms with Gasteiger partial charge in [-0.15, -0.1) is 0 Å². The molecule has 1 fully saturated rings. The van der Waals surface area contributed by atoms with Gasteiger partial charge in [0, 0.05) is 6.42 Å². The second-order valence-corrected chi connectivity index (χ2v) is 8.12. The molecule has 4 nitrogen and oxygen atoms in total. The smallest absolute Gasteiger partial charge is 0.244 e. The Morgan fingerprint density at radius 2 is 1.52 bits per heavy atom. The lowest BCUT2D eigenvalue weighted by molar-refractivity contribution is -0.116. The van der Waals surface area contributed by atoms with E-state index in [0.717, 1.165) is 16.3 Å². The molecule has 1 aliphatic rings. The molecule has 5 heteroatoms. The molecule has 0 spiro atoms. The van der Waals surface area contributed by atoms with Gasteiger partial charge in [-0.2, -0.15) is 4.31 Å². The van der Waals surface area contributed by atoms with E-state index in [4.69, 9.17) is 0 Å². The molecule has 1 unspecified atom stereocenters. The molecule has 1 heterocycles. The van der Waals surface area contributed by atoms with Crippen LogP contribution in [0.25, 0.3) is 10.8 Å². The van der Waals surface area contributed by atoms with Gasteiger partial charge in [0.2, 0.25) is 10.0 Å². The molecule has 1 atom stereocenters. The number of ketones is 1. The van der Waals surface area contributed by atoms with Crippen LogP contribution in [0.15, 0.2) is 77.7 Å². The summed E-state index contributed by atoms with van der Waals surface area (Å²) in [5.41, 5.74) is 0.851. The van der Waals surface area contributed by atoms with E-state index in [1.165, 1.54) is 4.31 Å². The SMILES string of the molecule is O=C1CC(c2ccc3ccccc3c2)N(S(=O)(=O)c2ccccc2)C1. The first-order valence-corrected chi connectivity index (χ1v) is 9.57. The molecule has 0 N–H and O–H groups in total. The lowest BCUT2D eigenvalue weighted by Gasteiger charge is -2.24. The van der Waals surface area contributed by atoms with Gasteiger partial charge in [0.15, 0.2) is 0 Å².